The SMILES string of the molecule is CCCn1ncnc1CC(N)(CC)c1cccc(F)c1. The highest BCUT2D eigenvalue weighted by molar-refractivity contribution is 5.26. The smallest absolute Gasteiger partial charge is 0.138 e. The molecule has 2 aromatic rings. The summed E-state index contributed by atoms with van der Waals surface area (Å²) in [5, 5.41) is 4.21. The fourth-order valence-electron chi connectivity index (χ4n) is 2.34. The molecule has 5 heteroatoms. The summed E-state index contributed by atoms with van der Waals surface area (Å²) in [5.41, 5.74) is 6.67. The molecule has 0 radical (unpaired) electrons. The highest BCUT2D eigenvalue weighted by Gasteiger charge is 2.28. The van der Waals surface area contributed by atoms with Crippen molar-refractivity contribution in [3.63, 3.8) is 0 Å². The number of rotatable bonds is 6. The third-order valence-electron chi connectivity index (χ3n) is 3.64. The molecule has 4 nitrogen and oxygen atoms in total. The molecule has 0 fully saturated rings. The van der Waals surface area contributed by atoms with Gasteiger partial charge in [-0.2, -0.15) is 5.10 Å². The van der Waals surface area contributed by atoms with Gasteiger partial charge in [0.1, 0.15) is 18.0 Å². The third kappa shape index (κ3) is 3.04. The van der Waals surface area contributed by atoms with Gasteiger partial charge in [-0.05, 0) is 30.5 Å². The summed E-state index contributed by atoms with van der Waals surface area (Å²) >= 11 is 0. The highest BCUT2D eigenvalue weighted by atomic mass is 19.1. The molecule has 20 heavy (non-hydrogen) atoms. The number of aryl methyl sites for hydroxylation is 1. The van der Waals surface area contributed by atoms with Crippen LogP contribution in [-0.2, 0) is 18.5 Å². The van der Waals surface area contributed by atoms with E-state index in [-0.39, 0.29) is 5.82 Å². The predicted molar refractivity (Wildman–Crippen MR) is 76.6 cm³/mol. The summed E-state index contributed by atoms with van der Waals surface area (Å²) in [7, 11) is 0. The van der Waals surface area contributed by atoms with Crippen LogP contribution < -0.4 is 5.73 Å². The molecule has 1 aromatic heterocycles. The Kier molecular flexibility index (Phi) is 4.49. The van der Waals surface area contributed by atoms with E-state index in [2.05, 4.69) is 17.0 Å². The van der Waals surface area contributed by atoms with Crippen LogP contribution in [0.5, 0.6) is 0 Å². The molecular formula is C15H21FN4. The van der Waals surface area contributed by atoms with Gasteiger partial charge in [0.05, 0.1) is 0 Å². The molecule has 2 rings (SSSR count). The zero-order valence-corrected chi connectivity index (χ0v) is 12.0. The summed E-state index contributed by atoms with van der Waals surface area (Å²) in [6, 6.07) is 6.50. The minimum Gasteiger partial charge on any atom is -0.321 e. The van der Waals surface area contributed by atoms with Crippen LogP contribution in [0.4, 0.5) is 4.39 Å². The number of nitrogens with two attached hydrogens (primary N) is 1. The lowest BCUT2D eigenvalue weighted by atomic mass is 9.85. The zero-order valence-electron chi connectivity index (χ0n) is 12.0. The number of aromatic nitrogens is 3. The maximum absolute atomic E-state index is 13.4. The molecule has 2 N–H and O–H groups in total. The lowest BCUT2D eigenvalue weighted by molar-refractivity contribution is 0.398. The van der Waals surface area contributed by atoms with Crippen LogP contribution in [0.3, 0.4) is 0 Å². The van der Waals surface area contributed by atoms with Crippen LogP contribution in [0.15, 0.2) is 30.6 Å². The first-order valence-electron chi connectivity index (χ1n) is 7.00. The molecular weight excluding hydrogens is 255 g/mol. The van der Waals surface area contributed by atoms with E-state index in [1.54, 1.807) is 12.4 Å². The zero-order chi connectivity index (χ0) is 14.6. The summed E-state index contributed by atoms with van der Waals surface area (Å²) in [6.45, 7) is 4.91. The molecule has 0 aliphatic rings. The maximum atomic E-state index is 13.4. The van der Waals surface area contributed by atoms with Crippen molar-refractivity contribution in [3.05, 3.63) is 47.8 Å². The minimum absolute atomic E-state index is 0.263. The van der Waals surface area contributed by atoms with Crippen LogP contribution in [0.1, 0.15) is 38.1 Å². The van der Waals surface area contributed by atoms with Crippen LogP contribution in [-0.4, -0.2) is 14.8 Å². The van der Waals surface area contributed by atoms with Crippen molar-refractivity contribution in [1.82, 2.24) is 14.8 Å². The van der Waals surface area contributed by atoms with Gasteiger partial charge in [0.2, 0.25) is 0 Å². The topological polar surface area (TPSA) is 56.7 Å². The van der Waals surface area contributed by atoms with Gasteiger partial charge >= 0.3 is 0 Å². The van der Waals surface area contributed by atoms with E-state index >= 15 is 0 Å². The molecule has 0 bridgehead atoms. The van der Waals surface area contributed by atoms with Gasteiger partial charge in [-0.15, -0.1) is 0 Å². The average molecular weight is 276 g/mol. The first-order chi connectivity index (χ1) is 9.59. The van der Waals surface area contributed by atoms with Gasteiger partial charge < -0.3 is 5.73 Å². The van der Waals surface area contributed by atoms with Crippen molar-refractivity contribution < 1.29 is 4.39 Å². The molecule has 0 aliphatic heterocycles. The third-order valence-corrected chi connectivity index (χ3v) is 3.64. The van der Waals surface area contributed by atoms with E-state index in [0.29, 0.717) is 12.8 Å². The van der Waals surface area contributed by atoms with Gasteiger partial charge in [-0.3, -0.25) is 4.68 Å². The number of hydrogen-bond donors (Lipinski definition) is 1. The van der Waals surface area contributed by atoms with Crippen molar-refractivity contribution >= 4 is 0 Å². The standard InChI is InChI=1S/C15H21FN4/c1-3-8-20-14(18-11-19-20)10-15(17,4-2)12-6-5-7-13(16)9-12/h5-7,9,11H,3-4,8,10,17H2,1-2H3. The summed E-state index contributed by atoms with van der Waals surface area (Å²) in [6.07, 6.45) is 3.79. The van der Waals surface area contributed by atoms with E-state index in [9.17, 15) is 4.39 Å². The van der Waals surface area contributed by atoms with E-state index in [0.717, 1.165) is 24.4 Å². The molecule has 1 heterocycles. The second-order valence-electron chi connectivity index (χ2n) is 5.10. The molecule has 108 valence electrons. The Labute approximate surface area is 118 Å². The minimum atomic E-state index is -0.624. The number of benzene rings is 1. The molecule has 0 aliphatic carbocycles. The van der Waals surface area contributed by atoms with Gasteiger partial charge in [0.25, 0.3) is 0 Å². The van der Waals surface area contributed by atoms with Crippen LogP contribution in [0.2, 0.25) is 0 Å². The first kappa shape index (κ1) is 14.7. The van der Waals surface area contributed by atoms with Crippen molar-refractivity contribution in [1.29, 1.82) is 0 Å². The Hall–Kier alpha value is -1.75. The lowest BCUT2D eigenvalue weighted by Gasteiger charge is -2.28. The van der Waals surface area contributed by atoms with Crippen molar-refractivity contribution in [3.8, 4) is 0 Å². The maximum Gasteiger partial charge on any atom is 0.138 e. The monoisotopic (exact) mass is 276 g/mol. The van der Waals surface area contributed by atoms with Gasteiger partial charge in [0, 0.05) is 18.5 Å². The van der Waals surface area contributed by atoms with E-state index in [1.165, 1.54) is 12.1 Å². The second-order valence-corrected chi connectivity index (χ2v) is 5.10. The molecule has 0 saturated carbocycles. The quantitative estimate of drug-likeness (QED) is 0.882. The summed E-state index contributed by atoms with van der Waals surface area (Å²) in [4.78, 5) is 4.29. The van der Waals surface area contributed by atoms with E-state index in [4.69, 9.17) is 5.73 Å². The first-order valence-corrected chi connectivity index (χ1v) is 7.00. The predicted octanol–water partition coefficient (Wildman–Crippen LogP) is 2.63. The Balaban J connectivity index is 2.29. The Morgan fingerprint density at radius 3 is 2.80 bits per heavy atom. The molecule has 1 aromatic carbocycles. The van der Waals surface area contributed by atoms with Gasteiger partial charge in [0.15, 0.2) is 0 Å². The van der Waals surface area contributed by atoms with Crippen LogP contribution >= 0.6 is 0 Å². The van der Waals surface area contributed by atoms with Crippen LogP contribution in [0.25, 0.3) is 0 Å². The molecule has 1 atom stereocenters. The van der Waals surface area contributed by atoms with Gasteiger partial charge in [-0.1, -0.05) is 26.0 Å². The van der Waals surface area contributed by atoms with Crippen molar-refractivity contribution in [2.24, 2.45) is 5.73 Å². The number of nitrogens with zero attached hydrogens (tertiary/aromatic N) is 3. The molecule has 0 spiro atoms. The Bertz CT molecular complexity index is 567. The fraction of sp³-hybridized carbons (Fsp3) is 0.467. The van der Waals surface area contributed by atoms with Crippen molar-refractivity contribution in [2.45, 2.75) is 45.2 Å². The lowest BCUT2D eigenvalue weighted by Crippen LogP contribution is -2.39. The molecule has 0 amide bonds. The van der Waals surface area contributed by atoms with Crippen LogP contribution in [0, 0.1) is 5.82 Å². The number of hydrogen-bond acceptors (Lipinski definition) is 3. The Morgan fingerprint density at radius 1 is 1.35 bits per heavy atom. The summed E-state index contributed by atoms with van der Waals surface area (Å²) < 4.78 is 15.3. The average Bonchev–Trinajstić information content (AvgIpc) is 2.86. The Morgan fingerprint density at radius 2 is 2.15 bits per heavy atom. The summed E-state index contributed by atoms with van der Waals surface area (Å²) in [5.74, 6) is 0.585. The molecule has 0 saturated heterocycles. The number of halogens is 1. The van der Waals surface area contributed by atoms with Gasteiger partial charge in [-0.25, -0.2) is 9.37 Å². The normalized spacial score (nSPS) is 14.2. The van der Waals surface area contributed by atoms with E-state index in [1.807, 2.05) is 17.7 Å². The largest absolute Gasteiger partial charge is 0.321 e. The second kappa shape index (κ2) is 6.13. The fourth-order valence-corrected chi connectivity index (χ4v) is 2.34. The van der Waals surface area contributed by atoms with E-state index < -0.39 is 5.54 Å². The molecule has 1 unspecified atom stereocenters. The van der Waals surface area contributed by atoms with Crippen molar-refractivity contribution in [2.75, 3.05) is 0 Å². The highest BCUT2D eigenvalue weighted by Crippen LogP contribution is 2.26.